The monoisotopic (exact) mass is 267 g/mol. The van der Waals surface area contributed by atoms with Crippen LogP contribution in [0.2, 0.25) is 0 Å². The van der Waals surface area contributed by atoms with Gasteiger partial charge in [0.25, 0.3) is 0 Å². The van der Waals surface area contributed by atoms with E-state index in [-0.39, 0.29) is 6.61 Å². The second kappa shape index (κ2) is 9.62. The first-order valence-corrected chi connectivity index (χ1v) is 6.24. The molecule has 0 saturated carbocycles. The van der Waals surface area contributed by atoms with E-state index < -0.39 is 37.3 Å². The molecule has 5 unspecified atom stereocenters. The molecule has 6 N–H and O–H groups in total. The summed E-state index contributed by atoms with van der Waals surface area (Å²) in [5, 5.41) is 37.4. The molecular formula is C11H25NO6. The van der Waals surface area contributed by atoms with Crippen molar-refractivity contribution in [1.29, 1.82) is 0 Å². The van der Waals surface area contributed by atoms with E-state index in [0.717, 1.165) is 0 Å². The van der Waals surface area contributed by atoms with Crippen LogP contribution in [0.4, 0.5) is 0 Å². The summed E-state index contributed by atoms with van der Waals surface area (Å²) in [5.74, 6) is 0. The fourth-order valence-corrected chi connectivity index (χ4v) is 1.49. The number of aliphatic hydroxyl groups excluding tert-OH is 4. The number of hydrogen-bond acceptors (Lipinski definition) is 7. The minimum Gasteiger partial charge on any atom is -0.394 e. The summed E-state index contributed by atoms with van der Waals surface area (Å²) in [6, 6.07) is 0. The molecule has 5 atom stereocenters. The minimum atomic E-state index is -1.39. The second-order valence-corrected chi connectivity index (χ2v) is 3.71. The van der Waals surface area contributed by atoms with Gasteiger partial charge in [-0.2, -0.15) is 0 Å². The highest BCUT2D eigenvalue weighted by Crippen LogP contribution is 2.21. The van der Waals surface area contributed by atoms with Gasteiger partial charge in [0.2, 0.25) is 0 Å². The van der Waals surface area contributed by atoms with Crippen LogP contribution in [0, 0.1) is 0 Å². The van der Waals surface area contributed by atoms with Gasteiger partial charge in [0.15, 0.2) is 6.29 Å². The Hall–Kier alpha value is -0.280. The van der Waals surface area contributed by atoms with E-state index in [0.29, 0.717) is 13.0 Å². The van der Waals surface area contributed by atoms with Crippen LogP contribution in [-0.2, 0) is 9.47 Å². The summed E-state index contributed by atoms with van der Waals surface area (Å²) in [7, 11) is 0. The molecule has 0 spiro atoms. The Bertz CT molecular complexity index is 204. The topological polar surface area (TPSA) is 125 Å². The van der Waals surface area contributed by atoms with Gasteiger partial charge in [-0.1, -0.05) is 13.8 Å². The summed E-state index contributed by atoms with van der Waals surface area (Å²) in [4.78, 5) is 0. The third kappa shape index (κ3) is 4.77. The fraction of sp³-hybridized carbons (Fsp3) is 1.00. The zero-order valence-corrected chi connectivity index (χ0v) is 10.9. The van der Waals surface area contributed by atoms with E-state index in [4.69, 9.17) is 20.3 Å². The molecule has 110 valence electrons. The SMILES string of the molecule is CC.NCCCOC1OC(CO)C(O)C(O)C1O. The fourth-order valence-electron chi connectivity index (χ4n) is 1.49. The average molecular weight is 267 g/mol. The molecule has 1 aliphatic heterocycles. The predicted octanol–water partition coefficient (Wildman–Crippen LogP) is -1.82. The smallest absolute Gasteiger partial charge is 0.186 e. The van der Waals surface area contributed by atoms with Crippen molar-refractivity contribution in [2.75, 3.05) is 19.8 Å². The molecule has 0 aromatic carbocycles. The van der Waals surface area contributed by atoms with Gasteiger partial charge in [-0.15, -0.1) is 0 Å². The van der Waals surface area contributed by atoms with Crippen molar-refractivity contribution in [2.24, 2.45) is 5.73 Å². The second-order valence-electron chi connectivity index (χ2n) is 3.71. The van der Waals surface area contributed by atoms with Gasteiger partial charge in [-0.3, -0.25) is 0 Å². The van der Waals surface area contributed by atoms with Gasteiger partial charge in [0, 0.05) is 0 Å². The van der Waals surface area contributed by atoms with E-state index in [1.807, 2.05) is 13.8 Å². The summed E-state index contributed by atoms with van der Waals surface area (Å²) in [6.45, 7) is 4.26. The van der Waals surface area contributed by atoms with Crippen molar-refractivity contribution in [3.8, 4) is 0 Å². The Labute approximate surface area is 107 Å². The molecule has 1 heterocycles. The molecule has 18 heavy (non-hydrogen) atoms. The highest BCUT2D eigenvalue weighted by atomic mass is 16.7. The van der Waals surface area contributed by atoms with Crippen molar-refractivity contribution in [2.45, 2.75) is 51.0 Å². The summed E-state index contributed by atoms with van der Waals surface area (Å²) in [6.07, 6.45) is -5.48. The number of rotatable bonds is 5. The van der Waals surface area contributed by atoms with E-state index in [1.54, 1.807) is 0 Å². The van der Waals surface area contributed by atoms with Gasteiger partial charge >= 0.3 is 0 Å². The number of nitrogens with two attached hydrogens (primary N) is 1. The summed E-state index contributed by atoms with van der Waals surface area (Å²) in [5.41, 5.74) is 5.27. The quantitative estimate of drug-likeness (QED) is 0.371. The van der Waals surface area contributed by atoms with E-state index in [2.05, 4.69) is 0 Å². The molecule has 0 aromatic rings. The lowest BCUT2D eigenvalue weighted by Gasteiger charge is -2.39. The van der Waals surface area contributed by atoms with Crippen molar-refractivity contribution in [3.63, 3.8) is 0 Å². The average Bonchev–Trinajstić information content (AvgIpc) is 2.41. The van der Waals surface area contributed by atoms with Gasteiger partial charge in [-0.05, 0) is 13.0 Å². The van der Waals surface area contributed by atoms with Gasteiger partial charge in [0.1, 0.15) is 24.4 Å². The largest absolute Gasteiger partial charge is 0.394 e. The molecule has 1 aliphatic rings. The Balaban J connectivity index is 0.00000137. The summed E-state index contributed by atoms with van der Waals surface area (Å²) < 4.78 is 10.3. The molecule has 0 aromatic heterocycles. The molecule has 7 heteroatoms. The lowest BCUT2D eigenvalue weighted by atomic mass is 9.99. The molecule has 1 rings (SSSR count). The maximum absolute atomic E-state index is 9.55. The third-order valence-corrected chi connectivity index (χ3v) is 2.48. The molecule has 0 amide bonds. The van der Waals surface area contributed by atoms with E-state index in [9.17, 15) is 15.3 Å². The van der Waals surface area contributed by atoms with E-state index >= 15 is 0 Å². The maximum Gasteiger partial charge on any atom is 0.186 e. The summed E-state index contributed by atoms with van der Waals surface area (Å²) >= 11 is 0. The Morgan fingerprint density at radius 3 is 2.22 bits per heavy atom. The number of hydrogen-bond donors (Lipinski definition) is 5. The normalized spacial score (nSPS) is 35.8. The molecule has 0 radical (unpaired) electrons. The first-order valence-electron chi connectivity index (χ1n) is 6.24. The van der Waals surface area contributed by atoms with Crippen LogP contribution in [0.1, 0.15) is 20.3 Å². The van der Waals surface area contributed by atoms with Crippen molar-refractivity contribution >= 4 is 0 Å². The van der Waals surface area contributed by atoms with Crippen molar-refractivity contribution in [1.82, 2.24) is 0 Å². The molecule has 7 nitrogen and oxygen atoms in total. The first kappa shape index (κ1) is 17.7. The van der Waals surface area contributed by atoms with Crippen molar-refractivity contribution in [3.05, 3.63) is 0 Å². The van der Waals surface area contributed by atoms with Crippen molar-refractivity contribution < 1.29 is 29.9 Å². The van der Waals surface area contributed by atoms with Gasteiger partial charge in [0.05, 0.1) is 13.2 Å². The molecule has 1 saturated heterocycles. The predicted molar refractivity (Wildman–Crippen MR) is 64.7 cm³/mol. The van der Waals surface area contributed by atoms with Crippen LogP contribution in [0.15, 0.2) is 0 Å². The Morgan fingerprint density at radius 1 is 1.11 bits per heavy atom. The third-order valence-electron chi connectivity index (χ3n) is 2.48. The maximum atomic E-state index is 9.55. The Kier molecular flexibility index (Phi) is 9.47. The standard InChI is InChI=1S/C9H19NO6.C2H6/c10-2-1-3-15-9-8(14)7(13)6(12)5(4-11)16-9;1-2/h5-9,11-14H,1-4,10H2;1-2H3. The zero-order valence-electron chi connectivity index (χ0n) is 10.9. The lowest BCUT2D eigenvalue weighted by Crippen LogP contribution is -2.59. The van der Waals surface area contributed by atoms with Crippen LogP contribution in [0.5, 0.6) is 0 Å². The lowest BCUT2D eigenvalue weighted by molar-refractivity contribution is -0.301. The zero-order chi connectivity index (χ0) is 14.1. The highest BCUT2D eigenvalue weighted by Gasteiger charge is 2.43. The first-order chi connectivity index (χ1) is 8.61. The Morgan fingerprint density at radius 2 is 1.72 bits per heavy atom. The van der Waals surface area contributed by atoms with Crippen LogP contribution >= 0.6 is 0 Å². The number of aliphatic hydroxyl groups is 4. The minimum absolute atomic E-state index is 0.277. The van der Waals surface area contributed by atoms with E-state index in [1.165, 1.54) is 0 Å². The van der Waals surface area contributed by atoms with Crippen LogP contribution in [-0.4, -0.2) is 70.9 Å². The molecule has 0 aliphatic carbocycles. The number of ether oxygens (including phenoxy) is 2. The van der Waals surface area contributed by atoms with Crippen LogP contribution in [0.25, 0.3) is 0 Å². The van der Waals surface area contributed by atoms with Crippen LogP contribution < -0.4 is 5.73 Å². The molecular weight excluding hydrogens is 242 g/mol. The highest BCUT2D eigenvalue weighted by molar-refractivity contribution is 4.88. The molecule has 1 fully saturated rings. The van der Waals surface area contributed by atoms with Crippen LogP contribution in [0.3, 0.4) is 0 Å². The van der Waals surface area contributed by atoms with Gasteiger partial charge in [-0.25, -0.2) is 0 Å². The molecule has 0 bridgehead atoms. The van der Waals surface area contributed by atoms with Gasteiger partial charge < -0.3 is 35.6 Å².